The molecule has 5 rings (SSSR count). The van der Waals surface area contributed by atoms with Gasteiger partial charge in [0.15, 0.2) is 5.78 Å². The predicted molar refractivity (Wildman–Crippen MR) is 169 cm³/mol. The average Bonchev–Trinajstić information content (AvgIpc) is 2.98. The van der Waals surface area contributed by atoms with E-state index in [4.69, 9.17) is 15.2 Å². The van der Waals surface area contributed by atoms with Gasteiger partial charge < -0.3 is 19.8 Å². The second-order valence-electron chi connectivity index (χ2n) is 12.2. The molecule has 0 fully saturated rings. The number of carbonyl (C=O) groups excluding carboxylic acids is 3. The zero-order valence-electron chi connectivity index (χ0n) is 26.0. The van der Waals surface area contributed by atoms with Crippen LogP contribution in [0.5, 0.6) is 5.75 Å². The van der Waals surface area contributed by atoms with E-state index in [1.165, 1.54) is 34.1 Å². The minimum atomic E-state index is -1.16. The molecule has 1 aliphatic carbocycles. The van der Waals surface area contributed by atoms with Crippen molar-refractivity contribution in [3.05, 3.63) is 106 Å². The van der Waals surface area contributed by atoms with Crippen LogP contribution >= 0.6 is 0 Å². The molecule has 45 heavy (non-hydrogen) atoms. The number of allylic oxidation sites excluding steroid dienone is 3. The van der Waals surface area contributed by atoms with E-state index < -0.39 is 34.9 Å². The van der Waals surface area contributed by atoms with Crippen LogP contribution in [0, 0.1) is 5.41 Å². The molecule has 0 spiro atoms. The van der Waals surface area contributed by atoms with Crippen LogP contribution in [-0.4, -0.2) is 45.4 Å². The van der Waals surface area contributed by atoms with Gasteiger partial charge in [-0.15, -0.1) is 6.58 Å². The fourth-order valence-corrected chi connectivity index (χ4v) is 6.03. The molecule has 0 radical (unpaired) electrons. The molecular formula is C34H37N5O6. The highest BCUT2D eigenvalue weighted by Crippen LogP contribution is 2.48. The highest BCUT2D eigenvalue weighted by molar-refractivity contribution is 6.04. The maximum Gasteiger partial charge on any atom is 0.338 e. The number of methoxy groups -OCH3 is 1. The van der Waals surface area contributed by atoms with Crippen molar-refractivity contribution in [1.82, 2.24) is 20.0 Å². The number of amides is 1. The summed E-state index contributed by atoms with van der Waals surface area (Å²) < 4.78 is 12.6. The minimum absolute atomic E-state index is 0.116. The van der Waals surface area contributed by atoms with Crippen LogP contribution in [0.4, 0.5) is 0 Å². The molecule has 1 aliphatic heterocycles. The molecule has 1 unspecified atom stereocenters. The third-order valence-electron chi connectivity index (χ3n) is 7.93. The molecule has 0 saturated carbocycles. The van der Waals surface area contributed by atoms with Crippen molar-refractivity contribution in [3.8, 4) is 5.75 Å². The van der Waals surface area contributed by atoms with Crippen LogP contribution in [0.1, 0.15) is 62.4 Å². The molecule has 1 aromatic carbocycles. The van der Waals surface area contributed by atoms with E-state index in [-0.39, 0.29) is 41.3 Å². The summed E-state index contributed by atoms with van der Waals surface area (Å²) >= 11 is 0. The number of hydrazine groups is 1. The minimum Gasteiger partial charge on any atom is -0.497 e. The molecule has 1 amide bonds. The van der Waals surface area contributed by atoms with Gasteiger partial charge in [0.1, 0.15) is 11.6 Å². The number of ether oxygens (including phenoxy) is 2. The van der Waals surface area contributed by atoms with Crippen molar-refractivity contribution in [3.63, 3.8) is 0 Å². The number of fused-ring (bicyclic) bond motifs is 1. The fourth-order valence-electron chi connectivity index (χ4n) is 6.03. The number of hydrogen-bond donors (Lipinski definition) is 2. The second kappa shape index (κ2) is 12.1. The first kappa shape index (κ1) is 31.2. The monoisotopic (exact) mass is 611 g/mol. The van der Waals surface area contributed by atoms with E-state index in [9.17, 15) is 19.2 Å². The molecule has 3 heterocycles. The largest absolute Gasteiger partial charge is 0.497 e. The Hall–Kier alpha value is -5.19. The summed E-state index contributed by atoms with van der Waals surface area (Å²) in [6.45, 7) is 11.3. The first-order valence-electron chi connectivity index (χ1n) is 14.7. The second-order valence-corrected chi connectivity index (χ2v) is 12.2. The highest BCUT2D eigenvalue weighted by Gasteiger charge is 2.48. The van der Waals surface area contributed by atoms with Gasteiger partial charge in [-0.05, 0) is 62.1 Å². The maximum atomic E-state index is 14.3. The van der Waals surface area contributed by atoms with Crippen LogP contribution in [0.25, 0.3) is 10.9 Å². The van der Waals surface area contributed by atoms with Crippen molar-refractivity contribution in [1.29, 1.82) is 0 Å². The molecular weight excluding hydrogens is 574 g/mol. The summed E-state index contributed by atoms with van der Waals surface area (Å²) in [6.07, 6.45) is 4.51. The number of nitrogens with one attached hydrogen (secondary N) is 1. The summed E-state index contributed by atoms with van der Waals surface area (Å²) in [4.78, 5) is 59.7. The number of rotatable bonds is 8. The Morgan fingerprint density at radius 3 is 2.51 bits per heavy atom. The van der Waals surface area contributed by atoms with Crippen molar-refractivity contribution in [2.45, 2.75) is 59.1 Å². The van der Waals surface area contributed by atoms with E-state index >= 15 is 0 Å². The number of aromatic nitrogens is 2. The van der Waals surface area contributed by atoms with Gasteiger partial charge in [0.05, 0.1) is 35.9 Å². The van der Waals surface area contributed by atoms with Crippen LogP contribution in [-0.2, 0) is 20.9 Å². The van der Waals surface area contributed by atoms with Crippen molar-refractivity contribution in [2.75, 3.05) is 7.11 Å². The summed E-state index contributed by atoms with van der Waals surface area (Å²) in [5, 5.41) is 1.96. The Morgan fingerprint density at radius 2 is 1.87 bits per heavy atom. The molecule has 0 bridgehead atoms. The zero-order valence-corrected chi connectivity index (χ0v) is 26.0. The average molecular weight is 612 g/mol. The number of Topliss-reactive ketones (excluding diaryl/α,β-unsaturated/α-hetero) is 1. The third-order valence-corrected chi connectivity index (χ3v) is 7.93. The fraction of sp³-hybridized carbons (Fsp3) is 0.324. The number of hydrogen-bond acceptors (Lipinski definition) is 9. The topological polar surface area (TPSA) is 146 Å². The van der Waals surface area contributed by atoms with Crippen LogP contribution in [0.15, 0.2) is 88.9 Å². The van der Waals surface area contributed by atoms with E-state index in [0.29, 0.717) is 34.3 Å². The molecule has 3 N–H and O–H groups in total. The Balaban J connectivity index is 1.82. The number of ketones is 1. The lowest BCUT2D eigenvalue weighted by Crippen LogP contribution is -2.51. The lowest BCUT2D eigenvalue weighted by Gasteiger charge is -2.44. The lowest BCUT2D eigenvalue weighted by molar-refractivity contribution is -0.143. The summed E-state index contributed by atoms with van der Waals surface area (Å²) in [6, 6.07) is 10.0. The van der Waals surface area contributed by atoms with Crippen LogP contribution in [0.2, 0.25) is 0 Å². The van der Waals surface area contributed by atoms with Crippen LogP contribution in [0.3, 0.4) is 0 Å². The van der Waals surface area contributed by atoms with Crippen molar-refractivity contribution < 1.29 is 23.9 Å². The molecule has 3 aromatic rings. The Bertz CT molecular complexity index is 1840. The van der Waals surface area contributed by atoms with Gasteiger partial charge in [0, 0.05) is 47.4 Å². The predicted octanol–water partition coefficient (Wildman–Crippen LogP) is 4.10. The van der Waals surface area contributed by atoms with Crippen molar-refractivity contribution in [2.24, 2.45) is 11.1 Å². The number of carbonyl (C=O) groups is 3. The molecule has 0 saturated heterocycles. The van der Waals surface area contributed by atoms with Gasteiger partial charge >= 0.3 is 5.97 Å². The van der Waals surface area contributed by atoms with Crippen molar-refractivity contribution >= 4 is 28.6 Å². The van der Waals surface area contributed by atoms with Gasteiger partial charge in [0.2, 0.25) is 0 Å². The maximum absolute atomic E-state index is 14.3. The first-order valence-corrected chi connectivity index (χ1v) is 14.7. The number of esters is 1. The number of benzene rings is 1. The van der Waals surface area contributed by atoms with E-state index in [2.05, 4.69) is 17.0 Å². The molecule has 1 atom stereocenters. The Morgan fingerprint density at radius 1 is 1.16 bits per heavy atom. The van der Waals surface area contributed by atoms with Gasteiger partial charge in [0.25, 0.3) is 11.5 Å². The van der Waals surface area contributed by atoms with Gasteiger partial charge in [-0.3, -0.25) is 24.8 Å². The molecule has 11 nitrogen and oxygen atoms in total. The quantitative estimate of drug-likeness (QED) is 0.284. The zero-order chi connectivity index (χ0) is 32.6. The smallest absolute Gasteiger partial charge is 0.338 e. The van der Waals surface area contributed by atoms with E-state index in [0.717, 1.165) is 0 Å². The van der Waals surface area contributed by atoms with Gasteiger partial charge in [-0.2, -0.15) is 0 Å². The molecule has 11 heteroatoms. The van der Waals surface area contributed by atoms with E-state index in [1.807, 2.05) is 13.8 Å². The van der Waals surface area contributed by atoms with Crippen LogP contribution < -0.4 is 21.5 Å². The lowest BCUT2D eigenvalue weighted by atomic mass is 9.69. The number of pyridine rings is 2. The Kier molecular flexibility index (Phi) is 8.38. The summed E-state index contributed by atoms with van der Waals surface area (Å²) in [7, 11) is 1.54. The molecule has 2 aromatic heterocycles. The highest BCUT2D eigenvalue weighted by atomic mass is 16.5. The molecule has 234 valence electrons. The SMILES string of the molecule is C=CCn1c(=O)c(C2C(C(=O)OC(C)C)=C(N)N(NC(=O)c3ccncc3)C3=C2C(=O)CC(C)(C)C3)cc2cc(OC)ccc21. The molecule has 2 aliphatic rings. The number of nitrogens with two attached hydrogens (primary N) is 1. The summed E-state index contributed by atoms with van der Waals surface area (Å²) in [5.74, 6) is -2.33. The third kappa shape index (κ3) is 5.85. The van der Waals surface area contributed by atoms with E-state index in [1.54, 1.807) is 51.3 Å². The normalized spacial score (nSPS) is 17.8. The van der Waals surface area contributed by atoms with Gasteiger partial charge in [-0.25, -0.2) is 9.80 Å². The number of nitrogens with zero attached hydrogens (tertiary/aromatic N) is 3. The standard InChI is InChI=1S/C34H37N5O6/c1-7-14-38-24-9-8-22(44-6)15-21(24)16-23(32(38)42)27-28-25(17-34(4,5)18-26(28)40)39(30(35)29(27)33(43)45-19(2)3)37-31(41)20-10-12-36-13-11-20/h7-13,15-16,19,27H,1,14,17-18,35H2,2-6H3,(H,37,41). The van der Waals surface area contributed by atoms with Gasteiger partial charge in [-0.1, -0.05) is 19.9 Å². The summed E-state index contributed by atoms with van der Waals surface area (Å²) in [5.41, 5.74) is 10.2. The Labute approximate surface area is 261 Å². The first-order chi connectivity index (χ1) is 21.4.